The Balaban J connectivity index is 2.22. The van der Waals surface area contributed by atoms with E-state index in [0.717, 1.165) is 6.61 Å². The third-order valence-electron chi connectivity index (χ3n) is 1.55. The third-order valence-corrected chi connectivity index (χ3v) is 8.63. The maximum absolute atomic E-state index is 5.03. The summed E-state index contributed by atoms with van der Waals surface area (Å²) in [7, 11) is 0. The minimum absolute atomic E-state index is 0.408. The summed E-state index contributed by atoms with van der Waals surface area (Å²) >= 11 is 2.92. The molecule has 2 nitrogen and oxygen atoms in total. The Morgan fingerprint density at radius 3 is 3.00 bits per heavy atom. The van der Waals surface area contributed by atoms with Gasteiger partial charge < -0.3 is 0 Å². The van der Waals surface area contributed by atoms with Crippen LogP contribution >= 0.6 is 11.9 Å². The fourth-order valence-electron chi connectivity index (χ4n) is 0.876. The molecule has 0 bridgehead atoms. The monoisotopic (exact) mass is 382 g/mol. The number of hydrogen-bond donors (Lipinski definition) is 0. The molecule has 0 amide bonds. The summed E-state index contributed by atoms with van der Waals surface area (Å²) in [5, 5.41) is 0. The van der Waals surface area contributed by atoms with Gasteiger partial charge in [0, 0.05) is 0 Å². The number of rotatable bonds is 2. The second-order valence-corrected chi connectivity index (χ2v) is 13.0. The van der Waals surface area contributed by atoms with Gasteiger partial charge in [0.2, 0.25) is 0 Å². The summed E-state index contributed by atoms with van der Waals surface area (Å²) in [6.07, 6.45) is 0.408. The molecule has 0 aliphatic carbocycles. The van der Waals surface area contributed by atoms with Gasteiger partial charge in [0.1, 0.15) is 0 Å². The Labute approximate surface area is 72.9 Å². The second-order valence-electron chi connectivity index (χ2n) is 2.37. The van der Waals surface area contributed by atoms with E-state index in [-0.39, 0.29) is 0 Å². The molecule has 0 N–H and O–H groups in total. The van der Waals surface area contributed by atoms with Gasteiger partial charge in [0.25, 0.3) is 0 Å². The average molecular weight is 382 g/mol. The maximum atomic E-state index is 5.03. The van der Waals surface area contributed by atoms with Crippen LogP contribution in [-0.2, 0) is 31.9 Å². The summed E-state index contributed by atoms with van der Waals surface area (Å²) < 4.78 is 1.27. The van der Waals surface area contributed by atoms with Gasteiger partial charge in [0.15, 0.2) is 0 Å². The Hall–Kier alpha value is 1.34. The molecule has 2 atom stereocenters. The zero-order chi connectivity index (χ0) is 6.69. The molecule has 0 unspecified atom stereocenters. The first-order valence-electron chi connectivity index (χ1n) is 3.19. The van der Waals surface area contributed by atoms with Gasteiger partial charge in [-0.05, 0) is 0 Å². The van der Waals surface area contributed by atoms with E-state index < -0.39 is 22.1 Å². The molecule has 1 fully saturated rings. The second kappa shape index (κ2) is 4.26. The predicted octanol–water partition coefficient (Wildman–Crippen LogP) is 1.76. The van der Waals surface area contributed by atoms with Crippen molar-refractivity contribution >= 4 is 11.9 Å². The van der Waals surface area contributed by atoms with Crippen molar-refractivity contribution in [3.05, 3.63) is 0 Å². The molecule has 0 aromatic rings. The number of halogens is 1. The summed E-state index contributed by atoms with van der Waals surface area (Å²) in [4.78, 5) is 9.87. The molecule has 0 saturated carbocycles. The molecule has 1 saturated heterocycles. The van der Waals surface area contributed by atoms with Crippen molar-refractivity contribution in [3.8, 4) is 0 Å². The van der Waals surface area contributed by atoms with Gasteiger partial charge in [0.05, 0.1) is 0 Å². The van der Waals surface area contributed by atoms with Crippen molar-refractivity contribution in [1.29, 1.82) is 0 Å². The topological polar surface area (TPSA) is 18.5 Å². The molecule has 0 spiro atoms. The molecule has 1 heterocycles. The Morgan fingerprint density at radius 2 is 2.56 bits per heavy atom. The molecule has 4 heteroatoms. The summed E-state index contributed by atoms with van der Waals surface area (Å²) in [6.45, 7) is 2.96. The van der Waals surface area contributed by atoms with E-state index in [2.05, 4.69) is 18.8 Å². The van der Waals surface area contributed by atoms with Crippen LogP contribution in [0.4, 0.5) is 0 Å². The van der Waals surface area contributed by atoms with Crippen LogP contribution < -0.4 is 0 Å². The Morgan fingerprint density at radius 1 is 1.78 bits per heavy atom. The van der Waals surface area contributed by atoms with E-state index in [4.69, 9.17) is 9.78 Å². The average Bonchev–Trinajstić information content (AvgIpc) is 2.18. The van der Waals surface area contributed by atoms with E-state index in [1.165, 1.54) is 3.93 Å². The zero-order valence-corrected chi connectivity index (χ0v) is 12.6. The molecule has 50 valence electrons. The van der Waals surface area contributed by atoms with E-state index in [0.29, 0.717) is 12.0 Å². The predicted molar refractivity (Wildman–Crippen MR) is 33.7 cm³/mol. The van der Waals surface area contributed by atoms with Gasteiger partial charge in [-0.15, -0.1) is 0 Å². The molecular weight excluding hydrogens is 373 g/mol. The standard InChI is InChI=1S/C5H9O2.BrH.Hg/c1-4-3-6-7-5(4)2;;/h4-5H,2-3H2,1H3;1H;/q;;+1/p-1/t4-,5+;;/m0../s1. The van der Waals surface area contributed by atoms with Crippen LogP contribution in [0.2, 0.25) is 3.93 Å². The van der Waals surface area contributed by atoms with Gasteiger partial charge in [-0.3, -0.25) is 0 Å². The van der Waals surface area contributed by atoms with Crippen LogP contribution in [-0.4, -0.2) is 12.7 Å². The van der Waals surface area contributed by atoms with Crippen LogP contribution in [0.15, 0.2) is 0 Å². The molecule has 9 heavy (non-hydrogen) atoms. The van der Waals surface area contributed by atoms with Crippen molar-refractivity contribution in [2.75, 3.05) is 6.61 Å². The van der Waals surface area contributed by atoms with Crippen LogP contribution in [0.1, 0.15) is 6.92 Å². The number of hydrogen-bond acceptors (Lipinski definition) is 2. The van der Waals surface area contributed by atoms with Crippen LogP contribution in [0.5, 0.6) is 0 Å². The van der Waals surface area contributed by atoms with E-state index in [1.54, 1.807) is 0 Å². The van der Waals surface area contributed by atoms with E-state index in [1.807, 2.05) is 0 Å². The van der Waals surface area contributed by atoms with Crippen molar-refractivity contribution in [2.45, 2.75) is 17.0 Å². The molecular formula is C5H9BrHgO2. The molecule has 1 aliphatic heterocycles. The Kier molecular flexibility index (Phi) is 3.99. The van der Waals surface area contributed by atoms with Crippen molar-refractivity contribution in [2.24, 2.45) is 5.92 Å². The summed E-state index contributed by atoms with van der Waals surface area (Å²) in [6, 6.07) is 0. The van der Waals surface area contributed by atoms with Crippen LogP contribution in [0.3, 0.4) is 0 Å². The van der Waals surface area contributed by atoms with E-state index in [9.17, 15) is 0 Å². The SMILES string of the molecule is C[C@H]1COO[C@@H]1[CH2][Hg][Br]. The Bertz CT molecular complexity index is 91.0. The third kappa shape index (κ3) is 2.44. The molecule has 1 aliphatic rings. The van der Waals surface area contributed by atoms with Crippen molar-refractivity contribution < 1.29 is 31.9 Å². The zero-order valence-electron chi connectivity index (χ0n) is 5.47. The summed E-state index contributed by atoms with van der Waals surface area (Å²) in [5.74, 6) is 0.613. The molecule has 0 aromatic carbocycles. The van der Waals surface area contributed by atoms with Crippen molar-refractivity contribution in [1.82, 2.24) is 0 Å². The normalized spacial score (nSPS) is 34.4. The van der Waals surface area contributed by atoms with Crippen LogP contribution in [0.25, 0.3) is 0 Å². The quantitative estimate of drug-likeness (QED) is 0.536. The molecule has 0 radical (unpaired) electrons. The van der Waals surface area contributed by atoms with E-state index >= 15 is 0 Å². The van der Waals surface area contributed by atoms with Crippen LogP contribution in [0, 0.1) is 5.92 Å². The molecule has 0 aromatic heterocycles. The fraction of sp³-hybridized carbons (Fsp3) is 1.00. The molecule has 1 rings (SSSR count). The first-order chi connectivity index (χ1) is 4.34. The summed E-state index contributed by atoms with van der Waals surface area (Å²) in [5.41, 5.74) is 0. The van der Waals surface area contributed by atoms with Gasteiger partial charge in [-0.2, -0.15) is 0 Å². The van der Waals surface area contributed by atoms with Gasteiger partial charge in [-0.25, -0.2) is 0 Å². The fourth-order valence-corrected chi connectivity index (χ4v) is 8.26. The van der Waals surface area contributed by atoms with Gasteiger partial charge in [-0.1, -0.05) is 0 Å². The first kappa shape index (κ1) is 8.43. The van der Waals surface area contributed by atoms with Crippen molar-refractivity contribution in [3.63, 3.8) is 0 Å². The van der Waals surface area contributed by atoms with Gasteiger partial charge >= 0.3 is 73.3 Å². The minimum atomic E-state index is -0.658. The first-order valence-corrected chi connectivity index (χ1v) is 19.0.